The van der Waals surface area contributed by atoms with Crippen LogP contribution >= 0.6 is 11.6 Å². The van der Waals surface area contributed by atoms with Gasteiger partial charge in [-0.15, -0.1) is 0 Å². The molecule has 0 aliphatic heterocycles. The molecule has 0 unspecified atom stereocenters. The lowest BCUT2D eigenvalue weighted by Crippen LogP contribution is -2.43. The van der Waals surface area contributed by atoms with Crippen molar-refractivity contribution in [1.29, 1.82) is 0 Å². The number of hydrogen-bond donors (Lipinski definition) is 1. The predicted octanol–water partition coefficient (Wildman–Crippen LogP) is 4.42. The van der Waals surface area contributed by atoms with Gasteiger partial charge in [-0.2, -0.15) is 0 Å². The van der Waals surface area contributed by atoms with E-state index in [1.54, 1.807) is 17.0 Å². The maximum atomic E-state index is 13.1. The van der Waals surface area contributed by atoms with Crippen LogP contribution in [0.4, 0.5) is 11.4 Å². The number of halogens is 1. The summed E-state index contributed by atoms with van der Waals surface area (Å²) in [4.78, 5) is 27.6. The van der Waals surface area contributed by atoms with Crippen LogP contribution in [0.1, 0.15) is 25.3 Å². The zero-order valence-electron chi connectivity index (χ0n) is 14.4. The van der Waals surface area contributed by atoms with Gasteiger partial charge in [-0.05, 0) is 56.5 Å². The summed E-state index contributed by atoms with van der Waals surface area (Å²) in [5.41, 5.74) is 1.41. The van der Waals surface area contributed by atoms with Gasteiger partial charge in [0.15, 0.2) is 0 Å². The van der Waals surface area contributed by atoms with Gasteiger partial charge in [0.1, 0.15) is 5.41 Å². The molecule has 4 nitrogen and oxygen atoms in total. The van der Waals surface area contributed by atoms with Gasteiger partial charge in [0.25, 0.3) is 0 Å². The van der Waals surface area contributed by atoms with E-state index in [2.05, 4.69) is 5.32 Å². The van der Waals surface area contributed by atoms with Crippen molar-refractivity contribution < 1.29 is 9.59 Å². The summed E-state index contributed by atoms with van der Waals surface area (Å²) < 4.78 is 0. The highest BCUT2D eigenvalue weighted by atomic mass is 35.5. The minimum absolute atomic E-state index is 0.140. The molecule has 5 heteroatoms. The highest BCUT2D eigenvalue weighted by molar-refractivity contribution is 6.31. The number of nitrogens with zero attached hydrogens (tertiary/aromatic N) is 1. The molecule has 130 valence electrons. The van der Waals surface area contributed by atoms with Crippen LogP contribution in [0.15, 0.2) is 48.5 Å². The standard InChI is InChI=1S/C20H21ClN2O2/c1-3-23(16-7-5-4-6-8-16)19(25)20(11-12-20)18(24)22-17-13-15(21)10-9-14(17)2/h4-10,13H,3,11-12H2,1-2H3,(H,22,24). The number of amides is 2. The van der Waals surface area contributed by atoms with Crippen molar-refractivity contribution in [2.45, 2.75) is 26.7 Å². The summed E-state index contributed by atoms with van der Waals surface area (Å²) in [6, 6.07) is 14.8. The minimum Gasteiger partial charge on any atom is -0.325 e. The summed E-state index contributed by atoms with van der Waals surface area (Å²) in [5.74, 6) is -0.393. The van der Waals surface area contributed by atoms with Crippen LogP contribution in [0.25, 0.3) is 0 Å². The van der Waals surface area contributed by atoms with Crippen molar-refractivity contribution in [3.05, 3.63) is 59.1 Å². The average molecular weight is 357 g/mol. The highest BCUT2D eigenvalue weighted by Gasteiger charge is 2.58. The first-order chi connectivity index (χ1) is 12.0. The number of carbonyl (C=O) groups excluding carboxylic acids is 2. The number of anilines is 2. The van der Waals surface area contributed by atoms with Gasteiger partial charge < -0.3 is 10.2 Å². The Balaban J connectivity index is 1.82. The molecule has 3 rings (SSSR count). The van der Waals surface area contributed by atoms with Crippen molar-refractivity contribution in [2.24, 2.45) is 5.41 Å². The lowest BCUT2D eigenvalue weighted by Gasteiger charge is -2.26. The zero-order valence-corrected chi connectivity index (χ0v) is 15.1. The minimum atomic E-state index is -0.972. The summed E-state index contributed by atoms with van der Waals surface area (Å²) in [6.07, 6.45) is 1.14. The normalized spacial score (nSPS) is 14.7. The van der Waals surface area contributed by atoms with Crippen LogP contribution in [-0.4, -0.2) is 18.4 Å². The molecule has 0 spiro atoms. The molecule has 0 radical (unpaired) electrons. The Hall–Kier alpha value is -2.33. The fraction of sp³-hybridized carbons (Fsp3) is 0.300. The molecular weight excluding hydrogens is 336 g/mol. The van der Waals surface area contributed by atoms with E-state index in [0.29, 0.717) is 30.1 Å². The first kappa shape index (κ1) is 17.5. The molecule has 0 aromatic heterocycles. The molecule has 2 aromatic rings. The number of aryl methyl sites for hydroxylation is 1. The molecular formula is C20H21ClN2O2. The van der Waals surface area contributed by atoms with Crippen LogP contribution in [-0.2, 0) is 9.59 Å². The van der Waals surface area contributed by atoms with E-state index in [4.69, 9.17) is 11.6 Å². The lowest BCUT2D eigenvalue weighted by atomic mass is 10.0. The zero-order chi connectivity index (χ0) is 18.0. The number of rotatable bonds is 5. The number of nitrogens with one attached hydrogen (secondary N) is 1. The smallest absolute Gasteiger partial charge is 0.242 e. The third-order valence-corrected chi connectivity index (χ3v) is 4.91. The van der Waals surface area contributed by atoms with E-state index in [0.717, 1.165) is 11.3 Å². The molecule has 2 aromatic carbocycles. The molecule has 1 aliphatic carbocycles. The maximum Gasteiger partial charge on any atom is 0.242 e. The molecule has 25 heavy (non-hydrogen) atoms. The Bertz CT molecular complexity index is 801. The summed E-state index contributed by atoms with van der Waals surface area (Å²) in [7, 11) is 0. The molecule has 1 fully saturated rings. The Morgan fingerprint density at radius 1 is 1.16 bits per heavy atom. The van der Waals surface area contributed by atoms with Gasteiger partial charge in [-0.1, -0.05) is 35.9 Å². The second-order valence-corrected chi connectivity index (χ2v) is 6.82. The van der Waals surface area contributed by atoms with Crippen LogP contribution in [0.2, 0.25) is 5.02 Å². The van der Waals surface area contributed by atoms with Crippen molar-refractivity contribution in [1.82, 2.24) is 0 Å². The van der Waals surface area contributed by atoms with E-state index in [1.807, 2.05) is 50.2 Å². The predicted molar refractivity (Wildman–Crippen MR) is 101 cm³/mol. The highest BCUT2D eigenvalue weighted by Crippen LogP contribution is 2.49. The topological polar surface area (TPSA) is 49.4 Å². The second kappa shape index (κ2) is 6.89. The van der Waals surface area contributed by atoms with Gasteiger partial charge in [-0.3, -0.25) is 9.59 Å². The van der Waals surface area contributed by atoms with E-state index in [-0.39, 0.29) is 11.8 Å². The van der Waals surface area contributed by atoms with Gasteiger partial charge in [0, 0.05) is 22.9 Å². The van der Waals surface area contributed by atoms with Crippen molar-refractivity contribution in [3.63, 3.8) is 0 Å². The monoisotopic (exact) mass is 356 g/mol. The maximum absolute atomic E-state index is 13.1. The van der Waals surface area contributed by atoms with Crippen LogP contribution in [0.5, 0.6) is 0 Å². The molecule has 1 N–H and O–H groups in total. The van der Waals surface area contributed by atoms with Crippen LogP contribution < -0.4 is 10.2 Å². The molecule has 1 aliphatic rings. The van der Waals surface area contributed by atoms with E-state index >= 15 is 0 Å². The van der Waals surface area contributed by atoms with Gasteiger partial charge in [-0.25, -0.2) is 0 Å². The summed E-state index contributed by atoms with van der Waals surface area (Å²) in [6.45, 7) is 4.34. The third-order valence-electron chi connectivity index (χ3n) is 4.67. The number of benzene rings is 2. The van der Waals surface area contributed by atoms with Crippen LogP contribution in [0, 0.1) is 12.3 Å². The van der Waals surface area contributed by atoms with Gasteiger partial charge in [0.2, 0.25) is 11.8 Å². The molecule has 2 amide bonds. The summed E-state index contributed by atoms with van der Waals surface area (Å²) >= 11 is 6.02. The molecule has 0 heterocycles. The van der Waals surface area contributed by atoms with E-state index in [9.17, 15) is 9.59 Å². The lowest BCUT2D eigenvalue weighted by molar-refractivity contribution is -0.132. The number of para-hydroxylation sites is 1. The Labute approximate surface area is 152 Å². The first-order valence-corrected chi connectivity index (χ1v) is 8.80. The number of carbonyl (C=O) groups is 2. The van der Waals surface area contributed by atoms with E-state index < -0.39 is 5.41 Å². The van der Waals surface area contributed by atoms with Gasteiger partial charge >= 0.3 is 0 Å². The van der Waals surface area contributed by atoms with Crippen LogP contribution in [0.3, 0.4) is 0 Å². The molecule has 0 saturated heterocycles. The first-order valence-electron chi connectivity index (χ1n) is 8.42. The van der Waals surface area contributed by atoms with Gasteiger partial charge in [0.05, 0.1) is 0 Å². The Morgan fingerprint density at radius 3 is 2.44 bits per heavy atom. The van der Waals surface area contributed by atoms with Crippen molar-refractivity contribution >= 4 is 34.8 Å². The SMILES string of the molecule is CCN(C(=O)C1(C(=O)Nc2cc(Cl)ccc2C)CC1)c1ccccc1. The molecule has 1 saturated carbocycles. The summed E-state index contributed by atoms with van der Waals surface area (Å²) in [5, 5.41) is 3.45. The quantitative estimate of drug-likeness (QED) is 0.806. The van der Waals surface area contributed by atoms with E-state index in [1.165, 1.54) is 0 Å². The third kappa shape index (κ3) is 3.40. The average Bonchev–Trinajstić information content (AvgIpc) is 3.41. The van der Waals surface area contributed by atoms with Crippen molar-refractivity contribution in [2.75, 3.05) is 16.8 Å². The largest absolute Gasteiger partial charge is 0.325 e. The molecule has 0 atom stereocenters. The fourth-order valence-electron chi connectivity index (χ4n) is 2.94. The fourth-order valence-corrected chi connectivity index (χ4v) is 3.12. The van der Waals surface area contributed by atoms with Crippen molar-refractivity contribution in [3.8, 4) is 0 Å². The molecule has 0 bridgehead atoms. The Kier molecular flexibility index (Phi) is 4.82. The second-order valence-electron chi connectivity index (χ2n) is 6.38. The number of hydrogen-bond acceptors (Lipinski definition) is 2. The Morgan fingerprint density at radius 2 is 1.84 bits per heavy atom.